The number of nitrogen functional groups attached to an aromatic ring is 1. The Balaban J connectivity index is 2.39. The van der Waals surface area contributed by atoms with Crippen molar-refractivity contribution in [1.82, 2.24) is 9.97 Å². The number of fused-ring (bicyclic) bond motifs is 1. The summed E-state index contributed by atoms with van der Waals surface area (Å²) in [5, 5.41) is 0.486. The van der Waals surface area contributed by atoms with Crippen LogP contribution in [-0.4, -0.2) is 27.1 Å². The van der Waals surface area contributed by atoms with Gasteiger partial charge in [-0.3, -0.25) is 9.78 Å². The molecule has 0 aliphatic heterocycles. The molecule has 1 aromatic heterocycles. The van der Waals surface area contributed by atoms with Crippen LogP contribution in [0.5, 0.6) is 0 Å². The van der Waals surface area contributed by atoms with E-state index in [2.05, 4.69) is 16.5 Å². The number of nitrogens with two attached hydrogens (primary N) is 1. The molecule has 0 atom stereocenters. The van der Waals surface area contributed by atoms with Gasteiger partial charge in [0.2, 0.25) is 5.95 Å². The maximum atomic E-state index is 11.9. The molecule has 2 rings (SSSR count). The lowest BCUT2D eigenvalue weighted by Gasteiger charge is -2.19. The van der Waals surface area contributed by atoms with E-state index in [9.17, 15) is 4.79 Å². The molecule has 0 saturated heterocycles. The second-order valence-corrected chi connectivity index (χ2v) is 5.73. The van der Waals surface area contributed by atoms with Gasteiger partial charge >= 0.3 is 0 Å². The van der Waals surface area contributed by atoms with Crippen LogP contribution < -0.4 is 16.2 Å². The van der Waals surface area contributed by atoms with Gasteiger partial charge in [-0.2, -0.15) is 0 Å². The summed E-state index contributed by atoms with van der Waals surface area (Å²) in [7, 11) is 1.86. The molecule has 104 valence electrons. The topological polar surface area (TPSA) is 75.0 Å². The largest absolute Gasteiger partial charge is 0.369 e. The third kappa shape index (κ3) is 3.00. The van der Waals surface area contributed by atoms with Crippen molar-refractivity contribution in [3.05, 3.63) is 41.2 Å². The van der Waals surface area contributed by atoms with E-state index in [1.54, 1.807) is 18.2 Å². The van der Waals surface area contributed by atoms with Crippen molar-refractivity contribution >= 4 is 50.8 Å². The lowest BCUT2D eigenvalue weighted by molar-refractivity contribution is 1.19. The summed E-state index contributed by atoms with van der Waals surface area (Å²) < 4.78 is 0.712. The first kappa shape index (κ1) is 14.5. The molecule has 20 heavy (non-hydrogen) atoms. The van der Waals surface area contributed by atoms with Crippen LogP contribution >= 0.6 is 24.0 Å². The molecular formula is C13H14N4OS2. The molecule has 0 radical (unpaired) electrons. The van der Waals surface area contributed by atoms with Gasteiger partial charge in [0.15, 0.2) is 0 Å². The zero-order valence-electron chi connectivity index (χ0n) is 10.9. The van der Waals surface area contributed by atoms with Crippen LogP contribution in [0, 0.1) is 0 Å². The summed E-state index contributed by atoms with van der Waals surface area (Å²) in [5.74, 6) is 0.857. The number of aromatic amines is 1. The van der Waals surface area contributed by atoms with Crippen LogP contribution in [0.1, 0.15) is 0 Å². The predicted molar refractivity (Wildman–Crippen MR) is 90.4 cm³/mol. The Hall–Kier alpha value is -1.86. The number of thioether (sulfide) groups is 1. The zero-order valence-corrected chi connectivity index (χ0v) is 12.6. The Morgan fingerprint density at radius 3 is 3.10 bits per heavy atom. The van der Waals surface area contributed by atoms with Gasteiger partial charge < -0.3 is 10.6 Å². The summed E-state index contributed by atoms with van der Waals surface area (Å²) >= 11 is 6.83. The Kier molecular flexibility index (Phi) is 4.41. The SMILES string of the molecule is C=CCSC(=S)N(C)c1ccc2nc(N)[nH]c(=O)c2c1. The van der Waals surface area contributed by atoms with Crippen molar-refractivity contribution in [2.75, 3.05) is 23.4 Å². The number of anilines is 2. The highest BCUT2D eigenvalue weighted by Crippen LogP contribution is 2.21. The summed E-state index contributed by atoms with van der Waals surface area (Å²) in [6.45, 7) is 3.66. The van der Waals surface area contributed by atoms with Gasteiger partial charge in [-0.25, -0.2) is 4.98 Å². The molecule has 1 heterocycles. The fourth-order valence-corrected chi connectivity index (χ4v) is 2.55. The van der Waals surface area contributed by atoms with Crippen molar-refractivity contribution in [2.24, 2.45) is 0 Å². The van der Waals surface area contributed by atoms with E-state index in [4.69, 9.17) is 18.0 Å². The molecule has 0 saturated carbocycles. The van der Waals surface area contributed by atoms with Gasteiger partial charge in [-0.1, -0.05) is 30.1 Å². The third-order valence-electron chi connectivity index (χ3n) is 2.69. The molecular weight excluding hydrogens is 292 g/mol. The van der Waals surface area contributed by atoms with Gasteiger partial charge in [0, 0.05) is 18.5 Å². The van der Waals surface area contributed by atoms with Crippen LogP contribution in [0.15, 0.2) is 35.6 Å². The number of nitrogens with one attached hydrogen (secondary N) is 1. The van der Waals surface area contributed by atoms with Crippen LogP contribution in [0.3, 0.4) is 0 Å². The number of nitrogens with zero attached hydrogens (tertiary/aromatic N) is 2. The number of rotatable bonds is 3. The molecule has 5 nitrogen and oxygen atoms in total. The van der Waals surface area contributed by atoms with Crippen molar-refractivity contribution in [3.8, 4) is 0 Å². The van der Waals surface area contributed by atoms with Gasteiger partial charge in [0.1, 0.15) is 4.32 Å². The van der Waals surface area contributed by atoms with E-state index in [1.165, 1.54) is 11.8 Å². The summed E-state index contributed by atoms with van der Waals surface area (Å²) in [6.07, 6.45) is 1.79. The van der Waals surface area contributed by atoms with Crippen LogP contribution in [0.2, 0.25) is 0 Å². The van der Waals surface area contributed by atoms with Gasteiger partial charge in [-0.05, 0) is 18.2 Å². The first-order valence-electron chi connectivity index (χ1n) is 5.84. The lowest BCUT2D eigenvalue weighted by atomic mass is 10.2. The number of hydrogen-bond donors (Lipinski definition) is 2. The van der Waals surface area contributed by atoms with Crippen LogP contribution in [0.4, 0.5) is 11.6 Å². The second-order valence-electron chi connectivity index (χ2n) is 4.08. The quantitative estimate of drug-likeness (QED) is 0.668. The van der Waals surface area contributed by atoms with E-state index in [1.807, 2.05) is 18.0 Å². The number of thiocarbonyl (C=S) groups is 1. The third-order valence-corrected chi connectivity index (χ3v) is 4.24. The summed E-state index contributed by atoms with van der Waals surface area (Å²) in [4.78, 5) is 20.3. The zero-order chi connectivity index (χ0) is 14.7. The molecule has 2 aromatic rings. The minimum absolute atomic E-state index is 0.112. The molecule has 0 unspecified atom stereocenters. The fourth-order valence-electron chi connectivity index (χ4n) is 1.69. The highest BCUT2D eigenvalue weighted by molar-refractivity contribution is 8.23. The van der Waals surface area contributed by atoms with E-state index < -0.39 is 0 Å². The Bertz CT molecular complexity index is 726. The first-order valence-corrected chi connectivity index (χ1v) is 7.23. The number of benzene rings is 1. The molecule has 0 aliphatic carbocycles. The standard InChI is InChI=1S/C13H14N4OS2/c1-3-6-20-13(19)17(2)8-4-5-10-9(7-8)11(18)16-12(14)15-10/h3-5,7H,1,6H2,2H3,(H3,14,15,16,18). The van der Waals surface area contributed by atoms with Gasteiger partial charge in [-0.15, -0.1) is 6.58 Å². The Labute approximate surface area is 125 Å². The van der Waals surface area contributed by atoms with E-state index in [0.717, 1.165) is 11.4 Å². The molecule has 0 aliphatic rings. The highest BCUT2D eigenvalue weighted by atomic mass is 32.2. The maximum Gasteiger partial charge on any atom is 0.260 e. The second kappa shape index (κ2) is 6.06. The first-order chi connectivity index (χ1) is 9.52. The number of aromatic nitrogens is 2. The molecule has 0 bridgehead atoms. The van der Waals surface area contributed by atoms with Gasteiger partial charge in [0.25, 0.3) is 5.56 Å². The van der Waals surface area contributed by atoms with Crippen molar-refractivity contribution < 1.29 is 0 Å². The minimum atomic E-state index is -0.257. The van der Waals surface area contributed by atoms with Gasteiger partial charge in [0.05, 0.1) is 10.9 Å². The number of H-pyrrole nitrogens is 1. The minimum Gasteiger partial charge on any atom is -0.369 e. The fraction of sp³-hybridized carbons (Fsp3) is 0.154. The normalized spacial score (nSPS) is 10.4. The lowest BCUT2D eigenvalue weighted by Crippen LogP contribution is -2.22. The summed E-state index contributed by atoms with van der Waals surface area (Å²) in [6, 6.07) is 5.36. The van der Waals surface area contributed by atoms with E-state index in [0.29, 0.717) is 15.2 Å². The van der Waals surface area contributed by atoms with Crippen LogP contribution in [-0.2, 0) is 0 Å². The summed E-state index contributed by atoms with van der Waals surface area (Å²) in [5.41, 5.74) is 6.65. The van der Waals surface area contributed by atoms with E-state index in [-0.39, 0.29) is 11.5 Å². The van der Waals surface area contributed by atoms with Crippen molar-refractivity contribution in [3.63, 3.8) is 0 Å². The molecule has 3 N–H and O–H groups in total. The average molecular weight is 306 g/mol. The monoisotopic (exact) mass is 306 g/mol. The average Bonchev–Trinajstić information content (AvgIpc) is 2.43. The van der Waals surface area contributed by atoms with Crippen molar-refractivity contribution in [1.29, 1.82) is 0 Å². The highest BCUT2D eigenvalue weighted by Gasteiger charge is 2.10. The Morgan fingerprint density at radius 1 is 1.65 bits per heavy atom. The van der Waals surface area contributed by atoms with Crippen molar-refractivity contribution in [2.45, 2.75) is 0 Å². The predicted octanol–water partition coefficient (Wildman–Crippen LogP) is 2.15. The van der Waals surface area contributed by atoms with E-state index >= 15 is 0 Å². The molecule has 1 aromatic carbocycles. The van der Waals surface area contributed by atoms with Crippen LogP contribution in [0.25, 0.3) is 10.9 Å². The maximum absolute atomic E-state index is 11.9. The number of hydrogen-bond acceptors (Lipinski definition) is 5. The smallest absolute Gasteiger partial charge is 0.260 e. The molecule has 0 amide bonds. The molecule has 0 fully saturated rings. The molecule has 7 heteroatoms. The molecule has 0 spiro atoms. The Morgan fingerprint density at radius 2 is 2.40 bits per heavy atom.